The SMILES string of the molecule is CCOC(=O)CNS(=O)(=O)Cc1cc(C)on1. The van der Waals surface area contributed by atoms with E-state index in [0.29, 0.717) is 11.5 Å². The van der Waals surface area contributed by atoms with Crippen molar-refractivity contribution in [3.8, 4) is 0 Å². The molecule has 0 radical (unpaired) electrons. The summed E-state index contributed by atoms with van der Waals surface area (Å²) >= 11 is 0. The third-order valence-electron chi connectivity index (χ3n) is 1.76. The average molecular weight is 262 g/mol. The number of nitrogens with zero attached hydrogens (tertiary/aromatic N) is 1. The fraction of sp³-hybridized carbons (Fsp3) is 0.556. The molecule has 0 saturated carbocycles. The number of ether oxygens (including phenoxy) is 1. The van der Waals surface area contributed by atoms with Gasteiger partial charge in [0.15, 0.2) is 0 Å². The van der Waals surface area contributed by atoms with E-state index in [1.54, 1.807) is 13.8 Å². The molecule has 0 bridgehead atoms. The van der Waals surface area contributed by atoms with Gasteiger partial charge >= 0.3 is 5.97 Å². The molecule has 1 aromatic rings. The lowest BCUT2D eigenvalue weighted by molar-refractivity contribution is -0.141. The summed E-state index contributed by atoms with van der Waals surface area (Å²) in [6, 6.07) is 1.52. The number of esters is 1. The molecule has 0 saturated heterocycles. The Kier molecular flexibility index (Phi) is 4.64. The lowest BCUT2D eigenvalue weighted by Crippen LogP contribution is -2.31. The first kappa shape index (κ1) is 13.7. The molecule has 7 nitrogen and oxygen atoms in total. The number of hydrogen-bond donors (Lipinski definition) is 1. The Morgan fingerprint density at radius 1 is 1.59 bits per heavy atom. The number of aryl methyl sites for hydroxylation is 1. The zero-order valence-corrected chi connectivity index (χ0v) is 10.4. The Hall–Kier alpha value is -1.41. The molecule has 1 aromatic heterocycles. The van der Waals surface area contributed by atoms with Crippen LogP contribution in [0.5, 0.6) is 0 Å². The van der Waals surface area contributed by atoms with Crippen molar-refractivity contribution in [1.29, 1.82) is 0 Å². The number of carbonyl (C=O) groups excluding carboxylic acids is 1. The standard InChI is InChI=1S/C9H14N2O5S/c1-3-15-9(12)5-10-17(13,14)6-8-4-7(2)16-11-8/h4,10H,3,5-6H2,1-2H3. The normalized spacial score (nSPS) is 11.4. The van der Waals surface area contributed by atoms with Gasteiger partial charge in [-0.3, -0.25) is 4.79 Å². The van der Waals surface area contributed by atoms with E-state index in [0.717, 1.165) is 0 Å². The monoisotopic (exact) mass is 262 g/mol. The van der Waals surface area contributed by atoms with Crippen LogP contribution < -0.4 is 4.72 Å². The van der Waals surface area contributed by atoms with Gasteiger partial charge in [0.25, 0.3) is 0 Å². The number of rotatable bonds is 6. The molecule has 0 atom stereocenters. The van der Waals surface area contributed by atoms with Gasteiger partial charge < -0.3 is 9.26 Å². The molecule has 17 heavy (non-hydrogen) atoms. The van der Waals surface area contributed by atoms with Crippen LogP contribution in [0, 0.1) is 6.92 Å². The van der Waals surface area contributed by atoms with Crippen molar-refractivity contribution in [2.45, 2.75) is 19.6 Å². The van der Waals surface area contributed by atoms with E-state index >= 15 is 0 Å². The van der Waals surface area contributed by atoms with E-state index in [2.05, 4.69) is 14.6 Å². The lowest BCUT2D eigenvalue weighted by atomic mass is 10.4. The Morgan fingerprint density at radius 2 is 2.29 bits per heavy atom. The van der Waals surface area contributed by atoms with Crippen LogP contribution >= 0.6 is 0 Å². The first-order valence-corrected chi connectivity index (χ1v) is 6.63. The number of aromatic nitrogens is 1. The van der Waals surface area contributed by atoms with Crippen molar-refractivity contribution in [3.05, 3.63) is 17.5 Å². The van der Waals surface area contributed by atoms with Gasteiger partial charge in [-0.15, -0.1) is 0 Å². The first-order chi connectivity index (χ1) is 7.93. The molecule has 0 unspecified atom stereocenters. The van der Waals surface area contributed by atoms with Crippen molar-refractivity contribution in [1.82, 2.24) is 9.88 Å². The minimum Gasteiger partial charge on any atom is -0.465 e. The molecule has 0 fully saturated rings. The summed E-state index contributed by atoms with van der Waals surface area (Å²) in [6.07, 6.45) is 0. The predicted molar refractivity (Wildman–Crippen MR) is 58.5 cm³/mol. The highest BCUT2D eigenvalue weighted by atomic mass is 32.2. The summed E-state index contributed by atoms with van der Waals surface area (Å²) in [4.78, 5) is 11.0. The quantitative estimate of drug-likeness (QED) is 0.722. The maximum atomic E-state index is 11.5. The molecule has 0 amide bonds. The van der Waals surface area contributed by atoms with Crippen LogP contribution in [-0.4, -0.2) is 32.7 Å². The number of carbonyl (C=O) groups is 1. The number of sulfonamides is 1. The van der Waals surface area contributed by atoms with Gasteiger partial charge in [0, 0.05) is 6.07 Å². The van der Waals surface area contributed by atoms with Gasteiger partial charge in [0.2, 0.25) is 10.0 Å². The van der Waals surface area contributed by atoms with E-state index in [4.69, 9.17) is 4.52 Å². The van der Waals surface area contributed by atoms with Crippen molar-refractivity contribution in [2.75, 3.05) is 13.2 Å². The molecule has 1 N–H and O–H groups in total. The van der Waals surface area contributed by atoms with E-state index < -0.39 is 16.0 Å². The second kappa shape index (κ2) is 5.78. The molecular weight excluding hydrogens is 248 g/mol. The van der Waals surface area contributed by atoms with Crippen LogP contribution in [0.3, 0.4) is 0 Å². The largest absolute Gasteiger partial charge is 0.465 e. The third-order valence-corrected chi connectivity index (χ3v) is 3.02. The minimum absolute atomic E-state index is 0.211. The molecule has 0 spiro atoms. The zero-order valence-electron chi connectivity index (χ0n) is 9.60. The molecule has 1 heterocycles. The first-order valence-electron chi connectivity index (χ1n) is 4.98. The van der Waals surface area contributed by atoms with E-state index in [-0.39, 0.29) is 18.9 Å². The Bertz CT molecular complexity index is 479. The summed E-state index contributed by atoms with van der Waals surface area (Å²) in [5.74, 6) is -0.419. The second-order valence-electron chi connectivity index (χ2n) is 3.31. The van der Waals surface area contributed by atoms with Crippen LogP contribution in [0.15, 0.2) is 10.6 Å². The number of hydrogen-bond acceptors (Lipinski definition) is 6. The van der Waals surface area contributed by atoms with E-state index in [9.17, 15) is 13.2 Å². The van der Waals surface area contributed by atoms with Crippen molar-refractivity contribution >= 4 is 16.0 Å². The van der Waals surface area contributed by atoms with Gasteiger partial charge in [-0.1, -0.05) is 5.16 Å². The summed E-state index contributed by atoms with van der Waals surface area (Å²) in [5, 5.41) is 3.55. The maximum absolute atomic E-state index is 11.5. The van der Waals surface area contributed by atoms with Gasteiger partial charge in [-0.2, -0.15) is 0 Å². The third kappa shape index (κ3) is 4.96. The fourth-order valence-corrected chi connectivity index (χ4v) is 2.08. The Labute approximate surface area is 99.2 Å². The molecule has 1 rings (SSSR count). The van der Waals surface area contributed by atoms with Crippen LogP contribution in [0.4, 0.5) is 0 Å². The highest BCUT2D eigenvalue weighted by Gasteiger charge is 2.16. The molecule has 0 aromatic carbocycles. The lowest BCUT2D eigenvalue weighted by Gasteiger charge is -2.04. The maximum Gasteiger partial charge on any atom is 0.320 e. The Balaban J connectivity index is 2.49. The summed E-state index contributed by atoms with van der Waals surface area (Å²) < 4.78 is 34.5. The molecule has 0 aliphatic heterocycles. The molecule has 8 heteroatoms. The smallest absolute Gasteiger partial charge is 0.320 e. The van der Waals surface area contributed by atoms with Crippen LogP contribution in [0.25, 0.3) is 0 Å². The van der Waals surface area contributed by atoms with Crippen LogP contribution in [0.2, 0.25) is 0 Å². The van der Waals surface area contributed by atoms with Crippen molar-refractivity contribution < 1.29 is 22.5 Å². The van der Waals surface area contributed by atoms with Crippen molar-refractivity contribution in [2.24, 2.45) is 0 Å². The highest BCUT2D eigenvalue weighted by molar-refractivity contribution is 7.88. The molecule has 0 aliphatic carbocycles. The van der Waals surface area contributed by atoms with Gasteiger partial charge in [-0.05, 0) is 13.8 Å². The zero-order chi connectivity index (χ0) is 12.9. The minimum atomic E-state index is -3.61. The molecular formula is C9H14N2O5S. The molecule has 96 valence electrons. The van der Waals surface area contributed by atoms with E-state index in [1.165, 1.54) is 6.07 Å². The van der Waals surface area contributed by atoms with Crippen LogP contribution in [0.1, 0.15) is 18.4 Å². The topological polar surface area (TPSA) is 98.5 Å². The van der Waals surface area contributed by atoms with Gasteiger partial charge in [-0.25, -0.2) is 13.1 Å². The summed E-state index contributed by atoms with van der Waals surface area (Å²) in [7, 11) is -3.61. The number of nitrogens with one attached hydrogen (secondary N) is 1. The fourth-order valence-electron chi connectivity index (χ4n) is 1.11. The molecule has 0 aliphatic rings. The van der Waals surface area contributed by atoms with Gasteiger partial charge in [0.05, 0.1) is 6.61 Å². The highest BCUT2D eigenvalue weighted by Crippen LogP contribution is 2.05. The Morgan fingerprint density at radius 3 is 2.82 bits per heavy atom. The van der Waals surface area contributed by atoms with E-state index in [1.807, 2.05) is 0 Å². The predicted octanol–water partition coefficient (Wildman–Crippen LogP) is -0.0345. The summed E-state index contributed by atoms with van der Waals surface area (Å²) in [6.45, 7) is 3.13. The summed E-state index contributed by atoms with van der Waals surface area (Å²) in [5.41, 5.74) is 0.291. The average Bonchev–Trinajstić information content (AvgIpc) is 2.61. The van der Waals surface area contributed by atoms with Crippen LogP contribution in [-0.2, 0) is 25.3 Å². The van der Waals surface area contributed by atoms with Gasteiger partial charge in [0.1, 0.15) is 23.8 Å². The second-order valence-corrected chi connectivity index (χ2v) is 5.12. The van der Waals surface area contributed by atoms with Crippen molar-refractivity contribution in [3.63, 3.8) is 0 Å².